The Labute approximate surface area is 128 Å². The highest BCUT2D eigenvalue weighted by Crippen LogP contribution is 2.25. The van der Waals surface area contributed by atoms with Crippen LogP contribution in [0.15, 0.2) is 18.2 Å². The van der Waals surface area contributed by atoms with E-state index in [1.165, 1.54) is 12.0 Å². The molecule has 1 aliphatic heterocycles. The van der Waals surface area contributed by atoms with Gasteiger partial charge in [0.1, 0.15) is 5.82 Å². The third-order valence-corrected chi connectivity index (χ3v) is 4.84. The van der Waals surface area contributed by atoms with Crippen LogP contribution in [0.4, 0.5) is 4.39 Å². The van der Waals surface area contributed by atoms with E-state index >= 15 is 0 Å². The van der Waals surface area contributed by atoms with Crippen LogP contribution >= 0.6 is 0 Å². The van der Waals surface area contributed by atoms with Gasteiger partial charge in [0.05, 0.1) is 0 Å². The van der Waals surface area contributed by atoms with Gasteiger partial charge in [-0.25, -0.2) is 4.39 Å². The summed E-state index contributed by atoms with van der Waals surface area (Å²) in [4.78, 5) is 2.53. The van der Waals surface area contributed by atoms with Crippen molar-refractivity contribution in [2.24, 2.45) is 5.92 Å². The summed E-state index contributed by atoms with van der Waals surface area (Å²) in [6.45, 7) is 14.0. The van der Waals surface area contributed by atoms with Crippen molar-refractivity contribution in [1.29, 1.82) is 0 Å². The number of benzene rings is 1. The van der Waals surface area contributed by atoms with Gasteiger partial charge in [-0.3, -0.25) is 4.90 Å². The van der Waals surface area contributed by atoms with Gasteiger partial charge >= 0.3 is 0 Å². The Hall–Kier alpha value is -0.930. The quantitative estimate of drug-likeness (QED) is 0.909. The van der Waals surface area contributed by atoms with Gasteiger partial charge in [-0.15, -0.1) is 0 Å². The van der Waals surface area contributed by atoms with Gasteiger partial charge in [0.25, 0.3) is 0 Å². The van der Waals surface area contributed by atoms with Gasteiger partial charge in [0.15, 0.2) is 0 Å². The predicted octanol–water partition coefficient (Wildman–Crippen LogP) is 3.73. The SMILES string of the molecule is CCC(C)C1CNC(C)(C)CN1Cc1cc(F)ccc1C. The molecule has 3 heteroatoms. The molecule has 1 aliphatic rings. The lowest BCUT2D eigenvalue weighted by molar-refractivity contribution is 0.0569. The third-order valence-electron chi connectivity index (χ3n) is 4.84. The first kappa shape index (κ1) is 16.4. The summed E-state index contributed by atoms with van der Waals surface area (Å²) < 4.78 is 13.5. The topological polar surface area (TPSA) is 15.3 Å². The summed E-state index contributed by atoms with van der Waals surface area (Å²) in [7, 11) is 0. The molecule has 1 fully saturated rings. The Kier molecular flexibility index (Phi) is 5.05. The molecule has 2 atom stereocenters. The fourth-order valence-corrected chi connectivity index (χ4v) is 3.23. The molecule has 0 radical (unpaired) electrons. The molecule has 118 valence electrons. The molecule has 0 bridgehead atoms. The molecule has 2 nitrogen and oxygen atoms in total. The van der Waals surface area contributed by atoms with Crippen molar-refractivity contribution in [3.8, 4) is 0 Å². The lowest BCUT2D eigenvalue weighted by Crippen LogP contribution is -2.62. The molecule has 1 aromatic rings. The minimum Gasteiger partial charge on any atom is -0.309 e. The van der Waals surface area contributed by atoms with Crippen molar-refractivity contribution in [1.82, 2.24) is 10.2 Å². The smallest absolute Gasteiger partial charge is 0.123 e. The Morgan fingerprint density at radius 1 is 1.43 bits per heavy atom. The summed E-state index contributed by atoms with van der Waals surface area (Å²) in [6.07, 6.45) is 1.17. The monoisotopic (exact) mass is 292 g/mol. The predicted molar refractivity (Wildman–Crippen MR) is 86.9 cm³/mol. The second-order valence-corrected chi connectivity index (χ2v) is 7.19. The molecule has 0 aliphatic carbocycles. The van der Waals surface area contributed by atoms with Crippen molar-refractivity contribution in [3.63, 3.8) is 0 Å². The van der Waals surface area contributed by atoms with Gasteiger partial charge < -0.3 is 5.32 Å². The molecule has 1 heterocycles. The van der Waals surface area contributed by atoms with E-state index in [-0.39, 0.29) is 11.4 Å². The summed E-state index contributed by atoms with van der Waals surface area (Å²) in [6, 6.07) is 5.65. The summed E-state index contributed by atoms with van der Waals surface area (Å²) in [5, 5.41) is 3.65. The first-order valence-electron chi connectivity index (χ1n) is 8.06. The molecular formula is C18H29FN2. The van der Waals surface area contributed by atoms with E-state index in [0.29, 0.717) is 12.0 Å². The number of aryl methyl sites for hydroxylation is 1. The largest absolute Gasteiger partial charge is 0.309 e. The number of hydrogen-bond donors (Lipinski definition) is 1. The highest BCUT2D eigenvalue weighted by molar-refractivity contribution is 5.26. The van der Waals surface area contributed by atoms with E-state index < -0.39 is 0 Å². The number of nitrogens with one attached hydrogen (secondary N) is 1. The summed E-state index contributed by atoms with van der Waals surface area (Å²) >= 11 is 0. The summed E-state index contributed by atoms with van der Waals surface area (Å²) in [5.41, 5.74) is 2.40. The van der Waals surface area contributed by atoms with Crippen molar-refractivity contribution < 1.29 is 4.39 Å². The van der Waals surface area contributed by atoms with Gasteiger partial charge in [0.2, 0.25) is 0 Å². The highest BCUT2D eigenvalue weighted by atomic mass is 19.1. The molecule has 2 unspecified atom stereocenters. The molecule has 1 aromatic carbocycles. The molecular weight excluding hydrogens is 263 g/mol. The van der Waals surface area contributed by atoms with Crippen LogP contribution in [-0.2, 0) is 6.54 Å². The Morgan fingerprint density at radius 2 is 2.14 bits per heavy atom. The molecule has 0 saturated carbocycles. The zero-order chi connectivity index (χ0) is 15.6. The minimum atomic E-state index is -0.134. The van der Waals surface area contributed by atoms with Crippen LogP contribution in [0.2, 0.25) is 0 Å². The second kappa shape index (κ2) is 6.45. The Bertz CT molecular complexity index is 484. The van der Waals surface area contributed by atoms with E-state index in [1.807, 2.05) is 6.07 Å². The zero-order valence-corrected chi connectivity index (χ0v) is 14.0. The third kappa shape index (κ3) is 4.04. The Balaban J connectivity index is 2.21. The minimum absolute atomic E-state index is 0.116. The standard InChI is InChI=1S/C18H29FN2/c1-6-13(2)17-10-20-18(4,5)12-21(17)11-15-9-16(19)8-7-14(15)3/h7-9,13,17,20H,6,10-12H2,1-5H3. The maximum Gasteiger partial charge on any atom is 0.123 e. The average molecular weight is 292 g/mol. The van der Waals surface area contributed by atoms with Crippen LogP contribution in [0.1, 0.15) is 45.2 Å². The van der Waals surface area contributed by atoms with E-state index in [9.17, 15) is 4.39 Å². The first-order chi connectivity index (χ1) is 9.82. The van der Waals surface area contributed by atoms with E-state index in [1.54, 1.807) is 12.1 Å². The lowest BCUT2D eigenvalue weighted by Gasteiger charge is -2.47. The molecule has 1 saturated heterocycles. The van der Waals surface area contributed by atoms with Crippen LogP contribution in [0.3, 0.4) is 0 Å². The van der Waals surface area contributed by atoms with Gasteiger partial charge in [-0.2, -0.15) is 0 Å². The maximum absolute atomic E-state index is 13.5. The van der Waals surface area contributed by atoms with E-state index in [2.05, 4.69) is 44.8 Å². The number of halogens is 1. The van der Waals surface area contributed by atoms with Crippen LogP contribution in [0, 0.1) is 18.7 Å². The first-order valence-corrected chi connectivity index (χ1v) is 8.06. The fourth-order valence-electron chi connectivity index (χ4n) is 3.23. The lowest BCUT2D eigenvalue weighted by atomic mass is 9.90. The van der Waals surface area contributed by atoms with E-state index in [0.717, 1.165) is 25.2 Å². The number of nitrogens with zero attached hydrogens (tertiary/aromatic N) is 1. The van der Waals surface area contributed by atoms with Crippen molar-refractivity contribution in [2.45, 2.75) is 59.2 Å². The van der Waals surface area contributed by atoms with Crippen LogP contribution in [0.5, 0.6) is 0 Å². The van der Waals surface area contributed by atoms with Crippen molar-refractivity contribution in [3.05, 3.63) is 35.1 Å². The highest BCUT2D eigenvalue weighted by Gasteiger charge is 2.34. The zero-order valence-electron chi connectivity index (χ0n) is 14.0. The van der Waals surface area contributed by atoms with Crippen molar-refractivity contribution >= 4 is 0 Å². The van der Waals surface area contributed by atoms with Crippen molar-refractivity contribution in [2.75, 3.05) is 13.1 Å². The molecule has 1 N–H and O–H groups in total. The molecule has 0 spiro atoms. The maximum atomic E-state index is 13.5. The molecule has 0 aromatic heterocycles. The molecule has 21 heavy (non-hydrogen) atoms. The van der Waals surface area contributed by atoms with Gasteiger partial charge in [0, 0.05) is 31.2 Å². The molecule has 0 amide bonds. The van der Waals surface area contributed by atoms with Gasteiger partial charge in [-0.05, 0) is 49.9 Å². The Morgan fingerprint density at radius 3 is 2.81 bits per heavy atom. The number of piperazine rings is 1. The fraction of sp³-hybridized carbons (Fsp3) is 0.667. The van der Waals surface area contributed by atoms with Crippen LogP contribution in [0.25, 0.3) is 0 Å². The van der Waals surface area contributed by atoms with Crippen LogP contribution < -0.4 is 5.32 Å². The van der Waals surface area contributed by atoms with Gasteiger partial charge in [-0.1, -0.05) is 26.3 Å². The number of hydrogen-bond acceptors (Lipinski definition) is 2. The van der Waals surface area contributed by atoms with E-state index in [4.69, 9.17) is 0 Å². The second-order valence-electron chi connectivity index (χ2n) is 7.19. The molecule has 2 rings (SSSR count). The normalized spacial score (nSPS) is 24.0. The average Bonchev–Trinajstić information content (AvgIpc) is 2.41. The van der Waals surface area contributed by atoms with Crippen LogP contribution in [-0.4, -0.2) is 29.6 Å². The summed E-state index contributed by atoms with van der Waals surface area (Å²) in [5.74, 6) is 0.507. The number of rotatable bonds is 4.